The van der Waals surface area contributed by atoms with Gasteiger partial charge in [0.25, 0.3) is 0 Å². The van der Waals surface area contributed by atoms with Gasteiger partial charge in [0.1, 0.15) is 0 Å². The molecule has 1 N–H and O–H groups in total. The van der Waals surface area contributed by atoms with E-state index in [0.29, 0.717) is 18.4 Å². The number of likely N-dealkylation sites (tertiary alicyclic amines) is 1. The molecule has 3 rings (SSSR count). The van der Waals surface area contributed by atoms with Crippen LogP contribution in [0.1, 0.15) is 32.1 Å². The monoisotopic (exact) mass is 295 g/mol. The molecule has 0 bridgehead atoms. The van der Waals surface area contributed by atoms with Gasteiger partial charge in [0.2, 0.25) is 5.91 Å². The van der Waals surface area contributed by atoms with Gasteiger partial charge in [0, 0.05) is 51.7 Å². The molecule has 1 aliphatic carbocycles. The largest absolute Gasteiger partial charge is 0.379 e. The highest BCUT2D eigenvalue weighted by Gasteiger charge is 2.25. The first-order valence-corrected chi connectivity index (χ1v) is 8.62. The Morgan fingerprint density at radius 3 is 2.43 bits per heavy atom. The second kappa shape index (κ2) is 7.56. The van der Waals surface area contributed by atoms with Gasteiger partial charge in [0.15, 0.2) is 0 Å². The van der Waals surface area contributed by atoms with E-state index in [4.69, 9.17) is 4.74 Å². The molecule has 0 spiro atoms. The van der Waals surface area contributed by atoms with Crippen LogP contribution in [-0.2, 0) is 9.53 Å². The van der Waals surface area contributed by atoms with Gasteiger partial charge in [0.05, 0.1) is 13.2 Å². The van der Waals surface area contributed by atoms with Crippen molar-refractivity contribution in [2.24, 2.45) is 5.92 Å². The van der Waals surface area contributed by atoms with Crippen molar-refractivity contribution in [1.82, 2.24) is 15.1 Å². The number of morpholine rings is 1. The number of hydrogen-bond acceptors (Lipinski definition) is 4. The van der Waals surface area contributed by atoms with Crippen molar-refractivity contribution in [2.75, 3.05) is 52.5 Å². The summed E-state index contributed by atoms with van der Waals surface area (Å²) in [5, 5.41) is 3.42. The van der Waals surface area contributed by atoms with Crippen molar-refractivity contribution in [3.8, 4) is 0 Å². The fourth-order valence-corrected chi connectivity index (χ4v) is 3.34. The first kappa shape index (κ1) is 15.3. The molecule has 2 aliphatic heterocycles. The quantitative estimate of drug-likeness (QED) is 0.783. The third kappa shape index (κ3) is 4.94. The van der Waals surface area contributed by atoms with Crippen LogP contribution >= 0.6 is 0 Å². The number of nitrogens with zero attached hydrogens (tertiary/aromatic N) is 2. The molecule has 120 valence electrons. The van der Waals surface area contributed by atoms with Crippen LogP contribution in [0.5, 0.6) is 0 Å². The lowest BCUT2D eigenvalue weighted by Gasteiger charge is -2.36. The predicted molar refractivity (Wildman–Crippen MR) is 82.2 cm³/mol. The van der Waals surface area contributed by atoms with Crippen LogP contribution in [0.2, 0.25) is 0 Å². The normalized spacial score (nSPS) is 25.2. The lowest BCUT2D eigenvalue weighted by atomic mass is 9.96. The maximum atomic E-state index is 12.2. The maximum Gasteiger partial charge on any atom is 0.223 e. The Kier molecular flexibility index (Phi) is 5.49. The van der Waals surface area contributed by atoms with Crippen LogP contribution in [0.15, 0.2) is 0 Å². The molecule has 0 aromatic rings. The van der Waals surface area contributed by atoms with Crippen molar-refractivity contribution >= 4 is 5.91 Å². The van der Waals surface area contributed by atoms with Crippen molar-refractivity contribution in [2.45, 2.75) is 38.1 Å². The summed E-state index contributed by atoms with van der Waals surface area (Å²) in [6, 6.07) is 0.706. The molecule has 2 saturated heterocycles. The molecule has 5 heteroatoms. The highest BCUT2D eigenvalue weighted by Crippen LogP contribution is 2.20. The number of piperidine rings is 1. The van der Waals surface area contributed by atoms with Crippen molar-refractivity contribution < 1.29 is 9.53 Å². The summed E-state index contributed by atoms with van der Waals surface area (Å²) in [6.07, 6.45) is 5.59. The number of rotatable bonds is 6. The average Bonchev–Trinajstić information content (AvgIpc) is 3.33. The molecule has 0 atom stereocenters. The van der Waals surface area contributed by atoms with Crippen LogP contribution in [0, 0.1) is 5.92 Å². The number of amides is 1. The minimum absolute atomic E-state index is 0.341. The lowest BCUT2D eigenvalue weighted by molar-refractivity contribution is -0.132. The summed E-state index contributed by atoms with van der Waals surface area (Å²) in [5.74, 6) is 1.10. The van der Waals surface area contributed by atoms with E-state index in [1.54, 1.807) is 0 Å². The van der Waals surface area contributed by atoms with E-state index in [1.807, 2.05) is 0 Å². The third-order valence-corrected chi connectivity index (χ3v) is 4.94. The van der Waals surface area contributed by atoms with E-state index in [9.17, 15) is 4.79 Å². The van der Waals surface area contributed by atoms with Crippen LogP contribution in [-0.4, -0.2) is 74.2 Å². The Labute approximate surface area is 128 Å². The Morgan fingerprint density at radius 2 is 1.76 bits per heavy atom. The fraction of sp³-hybridized carbons (Fsp3) is 0.938. The van der Waals surface area contributed by atoms with E-state index in [2.05, 4.69) is 15.1 Å². The summed E-state index contributed by atoms with van der Waals surface area (Å²) < 4.78 is 5.40. The zero-order valence-electron chi connectivity index (χ0n) is 13.1. The molecule has 3 fully saturated rings. The number of nitrogens with one attached hydrogen (secondary N) is 1. The summed E-state index contributed by atoms with van der Waals surface area (Å²) in [5.41, 5.74) is 0. The molecule has 0 radical (unpaired) electrons. The van der Waals surface area contributed by atoms with Gasteiger partial charge in [-0.05, 0) is 31.6 Å². The lowest BCUT2D eigenvalue weighted by Crippen LogP contribution is -2.44. The fourth-order valence-electron chi connectivity index (χ4n) is 3.34. The van der Waals surface area contributed by atoms with Crippen LogP contribution in [0.3, 0.4) is 0 Å². The Balaban J connectivity index is 1.30. The van der Waals surface area contributed by atoms with Gasteiger partial charge in [-0.25, -0.2) is 0 Å². The SMILES string of the molecule is O=C(CCNC1CC1)N1CCC(CN2CCOCC2)CC1. The average molecular weight is 295 g/mol. The molecule has 3 aliphatic rings. The first-order chi connectivity index (χ1) is 10.3. The van der Waals surface area contributed by atoms with Crippen LogP contribution in [0.25, 0.3) is 0 Å². The second-order valence-electron chi connectivity index (χ2n) is 6.72. The van der Waals surface area contributed by atoms with Gasteiger partial charge in [-0.3, -0.25) is 9.69 Å². The molecule has 0 aromatic heterocycles. The second-order valence-corrected chi connectivity index (χ2v) is 6.72. The molecule has 2 heterocycles. The Bertz CT molecular complexity index is 332. The minimum Gasteiger partial charge on any atom is -0.379 e. The topological polar surface area (TPSA) is 44.8 Å². The highest BCUT2D eigenvalue weighted by molar-refractivity contribution is 5.76. The first-order valence-electron chi connectivity index (χ1n) is 8.62. The zero-order valence-corrected chi connectivity index (χ0v) is 13.1. The third-order valence-electron chi connectivity index (χ3n) is 4.94. The van der Waals surface area contributed by atoms with Crippen molar-refractivity contribution in [3.05, 3.63) is 0 Å². The van der Waals surface area contributed by atoms with E-state index in [0.717, 1.165) is 51.9 Å². The van der Waals surface area contributed by atoms with Crippen LogP contribution in [0.4, 0.5) is 0 Å². The van der Waals surface area contributed by atoms with E-state index in [1.165, 1.54) is 32.2 Å². The maximum absolute atomic E-state index is 12.2. The van der Waals surface area contributed by atoms with Crippen molar-refractivity contribution in [3.63, 3.8) is 0 Å². The summed E-state index contributed by atoms with van der Waals surface area (Å²) in [7, 11) is 0. The highest BCUT2D eigenvalue weighted by atomic mass is 16.5. The number of carbonyl (C=O) groups excluding carboxylic acids is 1. The van der Waals surface area contributed by atoms with Gasteiger partial charge in [-0.1, -0.05) is 0 Å². The van der Waals surface area contributed by atoms with E-state index >= 15 is 0 Å². The summed E-state index contributed by atoms with van der Waals surface area (Å²) >= 11 is 0. The Morgan fingerprint density at radius 1 is 1.05 bits per heavy atom. The molecule has 0 unspecified atom stereocenters. The zero-order chi connectivity index (χ0) is 14.5. The minimum atomic E-state index is 0.341. The number of ether oxygens (including phenoxy) is 1. The molecule has 1 amide bonds. The molecular formula is C16H29N3O2. The summed E-state index contributed by atoms with van der Waals surface area (Å²) in [6.45, 7) is 7.87. The predicted octanol–water partition coefficient (Wildman–Crippen LogP) is 0.699. The standard InChI is InChI=1S/C16H29N3O2/c20-16(3-6-17-15-1-2-15)19-7-4-14(5-8-19)13-18-9-11-21-12-10-18/h14-15,17H,1-13H2. The van der Waals surface area contributed by atoms with Gasteiger partial charge < -0.3 is 15.0 Å². The van der Waals surface area contributed by atoms with Crippen LogP contribution < -0.4 is 5.32 Å². The molecule has 21 heavy (non-hydrogen) atoms. The van der Waals surface area contributed by atoms with Gasteiger partial charge >= 0.3 is 0 Å². The molecule has 5 nitrogen and oxygen atoms in total. The van der Waals surface area contributed by atoms with E-state index < -0.39 is 0 Å². The van der Waals surface area contributed by atoms with E-state index in [-0.39, 0.29) is 0 Å². The van der Waals surface area contributed by atoms with Gasteiger partial charge in [-0.15, -0.1) is 0 Å². The summed E-state index contributed by atoms with van der Waals surface area (Å²) in [4.78, 5) is 16.7. The Hall–Kier alpha value is -0.650. The molecule has 1 saturated carbocycles. The molecular weight excluding hydrogens is 266 g/mol. The number of hydrogen-bond donors (Lipinski definition) is 1. The molecule has 0 aromatic carbocycles. The smallest absolute Gasteiger partial charge is 0.223 e. The number of carbonyl (C=O) groups is 1. The van der Waals surface area contributed by atoms with Crippen molar-refractivity contribution in [1.29, 1.82) is 0 Å². The van der Waals surface area contributed by atoms with Gasteiger partial charge in [-0.2, -0.15) is 0 Å².